The lowest BCUT2D eigenvalue weighted by atomic mass is 10.0. The van der Waals surface area contributed by atoms with E-state index in [1.54, 1.807) is 12.1 Å². The summed E-state index contributed by atoms with van der Waals surface area (Å²) in [4.78, 5) is 12.8. The highest BCUT2D eigenvalue weighted by atomic mass is 19.4. The molecule has 1 aromatic heterocycles. The maximum absolute atomic E-state index is 13.2. The zero-order valence-electron chi connectivity index (χ0n) is 12.6. The van der Waals surface area contributed by atoms with Crippen molar-refractivity contribution in [2.45, 2.75) is 12.7 Å². The summed E-state index contributed by atoms with van der Waals surface area (Å²) in [5.41, 5.74) is 10.5. The Labute approximate surface area is 130 Å². The van der Waals surface area contributed by atoms with Crippen molar-refractivity contribution in [2.75, 3.05) is 24.7 Å². The standard InChI is InChI=1S/C14H16F3N5O/c1-21(2)9-5-3-8(4-6-9)11-12(14(15,16)17)20-22(13(11)19)7-10(18)23/h3-6H,7,19H2,1-2H3,(H2,18,23). The minimum absolute atomic E-state index is 0.256. The van der Waals surface area contributed by atoms with Crippen LogP contribution in [0.5, 0.6) is 0 Å². The molecule has 0 aliphatic heterocycles. The molecule has 9 heteroatoms. The molecule has 2 rings (SSSR count). The van der Waals surface area contributed by atoms with Crippen LogP contribution in [0.2, 0.25) is 0 Å². The van der Waals surface area contributed by atoms with E-state index in [-0.39, 0.29) is 16.9 Å². The number of alkyl halides is 3. The second-order valence-electron chi connectivity index (χ2n) is 5.17. The molecule has 0 saturated heterocycles. The molecule has 0 unspecified atom stereocenters. The van der Waals surface area contributed by atoms with Crippen LogP contribution in [0.25, 0.3) is 11.1 Å². The van der Waals surface area contributed by atoms with Crippen molar-refractivity contribution < 1.29 is 18.0 Å². The molecule has 1 heterocycles. The third kappa shape index (κ3) is 3.38. The van der Waals surface area contributed by atoms with Crippen LogP contribution in [0.1, 0.15) is 5.69 Å². The lowest BCUT2D eigenvalue weighted by Gasteiger charge is -2.13. The molecule has 0 bridgehead atoms. The summed E-state index contributed by atoms with van der Waals surface area (Å²) in [6.07, 6.45) is -4.70. The van der Waals surface area contributed by atoms with E-state index in [0.29, 0.717) is 0 Å². The molecular weight excluding hydrogens is 311 g/mol. The second-order valence-corrected chi connectivity index (χ2v) is 5.17. The number of rotatable bonds is 4. The lowest BCUT2D eigenvalue weighted by Crippen LogP contribution is -2.21. The van der Waals surface area contributed by atoms with Crippen LogP contribution in [0.15, 0.2) is 24.3 Å². The number of hydrogen-bond acceptors (Lipinski definition) is 4. The van der Waals surface area contributed by atoms with Crippen molar-refractivity contribution in [3.8, 4) is 11.1 Å². The molecule has 0 aliphatic rings. The van der Waals surface area contributed by atoms with E-state index in [9.17, 15) is 18.0 Å². The summed E-state index contributed by atoms with van der Waals surface area (Å²) in [6, 6.07) is 6.37. The van der Waals surface area contributed by atoms with E-state index in [4.69, 9.17) is 11.5 Å². The molecule has 0 radical (unpaired) electrons. The van der Waals surface area contributed by atoms with Crippen molar-refractivity contribution in [3.63, 3.8) is 0 Å². The highest BCUT2D eigenvalue weighted by Gasteiger charge is 2.39. The van der Waals surface area contributed by atoms with Crippen molar-refractivity contribution in [1.29, 1.82) is 0 Å². The van der Waals surface area contributed by atoms with Gasteiger partial charge in [-0.1, -0.05) is 12.1 Å². The Bertz CT molecular complexity index is 719. The summed E-state index contributed by atoms with van der Waals surface area (Å²) in [5.74, 6) is -1.09. The summed E-state index contributed by atoms with van der Waals surface area (Å²) in [5, 5.41) is 3.41. The number of benzene rings is 1. The van der Waals surface area contributed by atoms with Crippen LogP contribution < -0.4 is 16.4 Å². The first-order valence-electron chi connectivity index (χ1n) is 6.60. The zero-order chi connectivity index (χ0) is 17.4. The Hall–Kier alpha value is -2.71. The first kappa shape index (κ1) is 16.7. The number of aromatic nitrogens is 2. The molecule has 4 N–H and O–H groups in total. The monoisotopic (exact) mass is 327 g/mol. The first-order chi connectivity index (χ1) is 10.6. The fourth-order valence-electron chi connectivity index (χ4n) is 2.15. The molecular formula is C14H16F3N5O. The van der Waals surface area contributed by atoms with Crippen molar-refractivity contribution in [2.24, 2.45) is 5.73 Å². The molecule has 0 spiro atoms. The number of primary amides is 1. The van der Waals surface area contributed by atoms with Gasteiger partial charge in [0.05, 0.1) is 5.56 Å². The fraction of sp³-hybridized carbons (Fsp3) is 0.286. The molecule has 124 valence electrons. The van der Waals surface area contributed by atoms with E-state index >= 15 is 0 Å². The van der Waals surface area contributed by atoms with Crippen LogP contribution in [0, 0.1) is 0 Å². The van der Waals surface area contributed by atoms with Crippen molar-refractivity contribution >= 4 is 17.4 Å². The average molecular weight is 327 g/mol. The maximum atomic E-state index is 13.2. The number of anilines is 2. The SMILES string of the molecule is CN(C)c1ccc(-c2c(C(F)(F)F)nn(CC(N)=O)c2N)cc1. The van der Waals surface area contributed by atoms with E-state index in [0.717, 1.165) is 10.4 Å². The quantitative estimate of drug-likeness (QED) is 0.894. The molecule has 0 fully saturated rings. The normalized spacial score (nSPS) is 11.5. The fourth-order valence-corrected chi connectivity index (χ4v) is 2.15. The predicted molar refractivity (Wildman–Crippen MR) is 80.6 cm³/mol. The van der Waals surface area contributed by atoms with Gasteiger partial charge in [-0.2, -0.15) is 18.3 Å². The number of nitrogens with two attached hydrogens (primary N) is 2. The van der Waals surface area contributed by atoms with Gasteiger partial charge in [0.1, 0.15) is 12.4 Å². The topological polar surface area (TPSA) is 90.2 Å². The summed E-state index contributed by atoms with van der Waals surface area (Å²) < 4.78 is 40.4. The number of carbonyl (C=O) groups excluding carboxylic acids is 1. The van der Waals surface area contributed by atoms with Crippen LogP contribution >= 0.6 is 0 Å². The van der Waals surface area contributed by atoms with Crippen LogP contribution in [0.3, 0.4) is 0 Å². The summed E-state index contributed by atoms with van der Waals surface area (Å²) in [7, 11) is 3.63. The number of amides is 1. The molecule has 1 amide bonds. The van der Waals surface area contributed by atoms with Gasteiger partial charge in [-0.15, -0.1) is 0 Å². The van der Waals surface area contributed by atoms with E-state index in [2.05, 4.69) is 5.10 Å². The van der Waals surface area contributed by atoms with Crippen LogP contribution in [0.4, 0.5) is 24.7 Å². The van der Waals surface area contributed by atoms with Crippen LogP contribution in [-0.2, 0) is 17.5 Å². The van der Waals surface area contributed by atoms with Gasteiger partial charge in [-0.25, -0.2) is 4.68 Å². The minimum Gasteiger partial charge on any atom is -0.383 e. The molecule has 1 aromatic carbocycles. The first-order valence-corrected chi connectivity index (χ1v) is 6.60. The Kier molecular flexibility index (Phi) is 4.22. The average Bonchev–Trinajstić information content (AvgIpc) is 2.75. The number of hydrogen-bond donors (Lipinski definition) is 2. The number of carbonyl (C=O) groups is 1. The van der Waals surface area contributed by atoms with E-state index < -0.39 is 24.3 Å². The molecule has 0 saturated carbocycles. The van der Waals surface area contributed by atoms with Crippen LogP contribution in [-0.4, -0.2) is 29.8 Å². The van der Waals surface area contributed by atoms with Gasteiger partial charge in [-0.3, -0.25) is 4.79 Å². The number of nitrogens with zero attached hydrogens (tertiary/aromatic N) is 3. The Balaban J connectivity index is 2.59. The summed E-state index contributed by atoms with van der Waals surface area (Å²) in [6.45, 7) is -0.523. The molecule has 6 nitrogen and oxygen atoms in total. The van der Waals surface area contributed by atoms with Gasteiger partial charge in [0, 0.05) is 19.8 Å². The number of halogens is 3. The smallest absolute Gasteiger partial charge is 0.383 e. The van der Waals surface area contributed by atoms with Gasteiger partial charge in [0.15, 0.2) is 5.69 Å². The van der Waals surface area contributed by atoms with Gasteiger partial charge in [-0.05, 0) is 17.7 Å². The largest absolute Gasteiger partial charge is 0.435 e. The molecule has 0 aliphatic carbocycles. The van der Waals surface area contributed by atoms with Gasteiger partial charge in [0.2, 0.25) is 5.91 Å². The zero-order valence-corrected chi connectivity index (χ0v) is 12.6. The van der Waals surface area contributed by atoms with Crippen molar-refractivity contribution in [3.05, 3.63) is 30.0 Å². The minimum atomic E-state index is -4.70. The third-order valence-electron chi connectivity index (χ3n) is 3.24. The lowest BCUT2D eigenvalue weighted by molar-refractivity contribution is -0.141. The summed E-state index contributed by atoms with van der Waals surface area (Å²) >= 11 is 0. The Morgan fingerprint density at radius 1 is 1.26 bits per heavy atom. The van der Waals surface area contributed by atoms with Crippen molar-refractivity contribution in [1.82, 2.24) is 9.78 Å². The van der Waals surface area contributed by atoms with Gasteiger partial charge < -0.3 is 16.4 Å². The maximum Gasteiger partial charge on any atom is 0.435 e. The molecule has 0 atom stereocenters. The molecule has 23 heavy (non-hydrogen) atoms. The highest BCUT2D eigenvalue weighted by Crippen LogP contribution is 2.40. The second kappa shape index (κ2) is 5.82. The van der Waals surface area contributed by atoms with E-state index in [1.807, 2.05) is 19.0 Å². The van der Waals surface area contributed by atoms with Gasteiger partial charge in [0.25, 0.3) is 0 Å². The van der Waals surface area contributed by atoms with Gasteiger partial charge >= 0.3 is 6.18 Å². The van der Waals surface area contributed by atoms with E-state index in [1.165, 1.54) is 12.1 Å². The molecule has 2 aromatic rings. The highest BCUT2D eigenvalue weighted by molar-refractivity contribution is 5.80. The Morgan fingerprint density at radius 3 is 2.26 bits per heavy atom. The Morgan fingerprint density at radius 2 is 1.83 bits per heavy atom. The predicted octanol–water partition coefficient (Wildman–Crippen LogP) is 1.70. The third-order valence-corrected chi connectivity index (χ3v) is 3.24. The number of nitrogen functional groups attached to an aromatic ring is 1.